The van der Waals surface area contributed by atoms with Crippen LogP contribution in [0.25, 0.3) is 5.57 Å². The van der Waals surface area contributed by atoms with Gasteiger partial charge >= 0.3 is 0 Å². The Bertz CT molecular complexity index is 418. The van der Waals surface area contributed by atoms with Crippen molar-refractivity contribution in [1.82, 2.24) is 0 Å². The maximum atomic E-state index is 8.67. The Labute approximate surface area is 82.2 Å². The van der Waals surface area contributed by atoms with Gasteiger partial charge in [0.1, 0.15) is 13.2 Å². The number of hydrogen-bond donors (Lipinski definition) is 0. The molecular formula is C11H9NO2. The maximum Gasteiger partial charge on any atom is 0.161 e. The van der Waals surface area contributed by atoms with Crippen LogP contribution in [0.2, 0.25) is 0 Å². The summed E-state index contributed by atoms with van der Waals surface area (Å²) < 4.78 is 10.7. The lowest BCUT2D eigenvalue weighted by Crippen LogP contribution is -2.15. The fraction of sp³-hybridized carbons (Fsp3) is 0.182. The van der Waals surface area contributed by atoms with E-state index in [-0.39, 0.29) is 0 Å². The minimum absolute atomic E-state index is 0.432. The highest BCUT2D eigenvalue weighted by atomic mass is 16.6. The van der Waals surface area contributed by atoms with Crippen molar-refractivity contribution in [1.29, 1.82) is 5.26 Å². The molecule has 0 spiro atoms. The molecule has 3 heteroatoms. The van der Waals surface area contributed by atoms with E-state index in [0.29, 0.717) is 24.5 Å². The van der Waals surface area contributed by atoms with Crippen molar-refractivity contribution < 1.29 is 9.47 Å². The first-order valence-corrected chi connectivity index (χ1v) is 4.30. The molecule has 0 saturated carbocycles. The van der Waals surface area contributed by atoms with Crippen LogP contribution in [0.15, 0.2) is 24.8 Å². The van der Waals surface area contributed by atoms with Gasteiger partial charge in [-0.2, -0.15) is 5.26 Å². The van der Waals surface area contributed by atoms with E-state index in [2.05, 4.69) is 6.58 Å². The van der Waals surface area contributed by atoms with E-state index in [9.17, 15) is 0 Å². The van der Waals surface area contributed by atoms with E-state index in [1.807, 2.05) is 6.07 Å². The van der Waals surface area contributed by atoms with Gasteiger partial charge in [-0.15, -0.1) is 0 Å². The van der Waals surface area contributed by atoms with Gasteiger partial charge in [0.05, 0.1) is 11.6 Å². The van der Waals surface area contributed by atoms with Gasteiger partial charge in [0.2, 0.25) is 0 Å². The van der Waals surface area contributed by atoms with Crippen LogP contribution < -0.4 is 9.47 Å². The molecule has 14 heavy (non-hydrogen) atoms. The third-order valence-corrected chi connectivity index (χ3v) is 2.03. The Hall–Kier alpha value is -1.95. The third-order valence-electron chi connectivity index (χ3n) is 2.03. The van der Waals surface area contributed by atoms with Gasteiger partial charge in [-0.05, 0) is 23.8 Å². The molecule has 1 heterocycles. The number of allylic oxidation sites excluding steroid dienone is 1. The molecule has 3 nitrogen and oxygen atoms in total. The number of rotatable bonds is 1. The summed E-state index contributed by atoms with van der Waals surface area (Å²) in [6, 6.07) is 7.38. The summed E-state index contributed by atoms with van der Waals surface area (Å²) in [5.41, 5.74) is 1.21. The second-order valence-electron chi connectivity index (χ2n) is 2.95. The summed E-state index contributed by atoms with van der Waals surface area (Å²) in [5, 5.41) is 8.67. The summed E-state index contributed by atoms with van der Waals surface area (Å²) >= 11 is 0. The lowest BCUT2D eigenvalue weighted by atomic mass is 10.1. The molecule has 0 amide bonds. The first-order chi connectivity index (χ1) is 6.81. The molecule has 0 radical (unpaired) electrons. The number of nitrogens with zero attached hydrogens (tertiary/aromatic N) is 1. The normalized spacial score (nSPS) is 13.1. The van der Waals surface area contributed by atoms with E-state index < -0.39 is 0 Å². The molecule has 1 aliphatic heterocycles. The van der Waals surface area contributed by atoms with Gasteiger partial charge in [0, 0.05) is 0 Å². The van der Waals surface area contributed by atoms with E-state index in [4.69, 9.17) is 14.7 Å². The van der Waals surface area contributed by atoms with Gasteiger partial charge in [-0.1, -0.05) is 6.58 Å². The zero-order valence-electron chi connectivity index (χ0n) is 7.62. The summed E-state index contributed by atoms with van der Waals surface area (Å²) in [6.45, 7) is 4.76. The van der Waals surface area contributed by atoms with Crippen molar-refractivity contribution in [2.75, 3.05) is 13.2 Å². The van der Waals surface area contributed by atoms with Crippen LogP contribution in [0, 0.1) is 11.3 Å². The van der Waals surface area contributed by atoms with E-state index >= 15 is 0 Å². The first-order valence-electron chi connectivity index (χ1n) is 4.30. The number of benzene rings is 1. The van der Waals surface area contributed by atoms with Crippen LogP contribution in [-0.2, 0) is 0 Å². The van der Waals surface area contributed by atoms with Crippen molar-refractivity contribution in [2.45, 2.75) is 0 Å². The minimum Gasteiger partial charge on any atom is -0.486 e. The molecular weight excluding hydrogens is 178 g/mol. The average Bonchev–Trinajstić information content (AvgIpc) is 2.27. The largest absolute Gasteiger partial charge is 0.486 e. The molecule has 0 N–H and O–H groups in total. The molecule has 1 aromatic carbocycles. The SMILES string of the molecule is C=C(C#N)c1ccc2c(c1)OCCO2. The van der Waals surface area contributed by atoms with Crippen LogP contribution in [0.3, 0.4) is 0 Å². The van der Waals surface area contributed by atoms with Gasteiger partial charge < -0.3 is 9.47 Å². The van der Waals surface area contributed by atoms with E-state index in [0.717, 1.165) is 11.3 Å². The van der Waals surface area contributed by atoms with Gasteiger partial charge in [0.15, 0.2) is 11.5 Å². The number of ether oxygens (including phenoxy) is 2. The topological polar surface area (TPSA) is 42.2 Å². The molecule has 0 unspecified atom stereocenters. The maximum absolute atomic E-state index is 8.67. The Morgan fingerprint density at radius 2 is 2.00 bits per heavy atom. The highest BCUT2D eigenvalue weighted by Gasteiger charge is 2.12. The van der Waals surface area contributed by atoms with Crippen molar-refractivity contribution in [2.24, 2.45) is 0 Å². The van der Waals surface area contributed by atoms with Crippen molar-refractivity contribution in [3.63, 3.8) is 0 Å². The van der Waals surface area contributed by atoms with Gasteiger partial charge in [-0.3, -0.25) is 0 Å². The molecule has 0 bridgehead atoms. The van der Waals surface area contributed by atoms with Crippen LogP contribution in [0.5, 0.6) is 11.5 Å². The predicted octanol–water partition coefficient (Wildman–Crippen LogP) is 1.99. The summed E-state index contributed by atoms with van der Waals surface area (Å²) in [7, 11) is 0. The minimum atomic E-state index is 0.432. The van der Waals surface area contributed by atoms with Crippen LogP contribution in [-0.4, -0.2) is 13.2 Å². The quantitative estimate of drug-likeness (QED) is 0.631. The Kier molecular flexibility index (Phi) is 2.11. The lowest BCUT2D eigenvalue weighted by molar-refractivity contribution is 0.171. The molecule has 2 rings (SSSR count). The Balaban J connectivity index is 2.39. The number of fused-ring (bicyclic) bond motifs is 1. The molecule has 0 saturated heterocycles. The van der Waals surface area contributed by atoms with Crippen LogP contribution >= 0.6 is 0 Å². The van der Waals surface area contributed by atoms with Crippen LogP contribution in [0.1, 0.15) is 5.56 Å². The molecule has 0 fully saturated rings. The fourth-order valence-electron chi connectivity index (χ4n) is 1.30. The van der Waals surface area contributed by atoms with E-state index in [1.54, 1.807) is 18.2 Å². The van der Waals surface area contributed by atoms with Crippen molar-refractivity contribution >= 4 is 5.57 Å². The molecule has 0 aliphatic carbocycles. The standard InChI is InChI=1S/C11H9NO2/c1-8(7-12)9-2-3-10-11(6-9)14-5-4-13-10/h2-3,6H,1,4-5H2. The zero-order chi connectivity index (χ0) is 9.97. The lowest BCUT2D eigenvalue weighted by Gasteiger charge is -2.18. The second-order valence-corrected chi connectivity index (χ2v) is 2.95. The second kappa shape index (κ2) is 3.43. The van der Waals surface area contributed by atoms with Gasteiger partial charge in [0.25, 0.3) is 0 Å². The van der Waals surface area contributed by atoms with Crippen LogP contribution in [0.4, 0.5) is 0 Å². The molecule has 1 aromatic rings. The van der Waals surface area contributed by atoms with Crippen molar-refractivity contribution in [3.8, 4) is 17.6 Å². The number of nitriles is 1. The summed E-state index contributed by atoms with van der Waals surface area (Å²) in [5.74, 6) is 1.41. The molecule has 0 aromatic heterocycles. The third kappa shape index (κ3) is 1.42. The number of hydrogen-bond acceptors (Lipinski definition) is 3. The molecule has 70 valence electrons. The Morgan fingerprint density at radius 1 is 1.29 bits per heavy atom. The zero-order valence-corrected chi connectivity index (χ0v) is 7.62. The Morgan fingerprint density at radius 3 is 2.71 bits per heavy atom. The summed E-state index contributed by atoms with van der Waals surface area (Å²) in [4.78, 5) is 0. The van der Waals surface area contributed by atoms with Gasteiger partial charge in [-0.25, -0.2) is 0 Å². The molecule has 0 atom stereocenters. The highest BCUT2D eigenvalue weighted by molar-refractivity contribution is 5.76. The molecule has 1 aliphatic rings. The summed E-state index contributed by atoms with van der Waals surface area (Å²) in [6.07, 6.45) is 0. The smallest absolute Gasteiger partial charge is 0.161 e. The first kappa shape index (κ1) is 8.64. The van der Waals surface area contributed by atoms with E-state index in [1.165, 1.54) is 0 Å². The predicted molar refractivity (Wildman–Crippen MR) is 52.1 cm³/mol. The highest BCUT2D eigenvalue weighted by Crippen LogP contribution is 2.32. The average molecular weight is 187 g/mol. The van der Waals surface area contributed by atoms with Crippen molar-refractivity contribution in [3.05, 3.63) is 30.3 Å². The fourth-order valence-corrected chi connectivity index (χ4v) is 1.30. The monoisotopic (exact) mass is 187 g/mol.